The first-order chi connectivity index (χ1) is 17.5. The van der Waals surface area contributed by atoms with Gasteiger partial charge in [0.25, 0.3) is 5.91 Å². The van der Waals surface area contributed by atoms with E-state index >= 15 is 0 Å². The number of rotatable bonds is 7. The molecule has 3 aromatic carbocycles. The van der Waals surface area contributed by atoms with Crippen molar-refractivity contribution in [2.45, 2.75) is 52.3 Å². The third kappa shape index (κ3) is 7.07. The Kier molecular flexibility index (Phi) is 8.51. The molecular formula is C29H32N4O4. The summed E-state index contributed by atoms with van der Waals surface area (Å²) in [4.78, 5) is 40.7. The summed E-state index contributed by atoms with van der Waals surface area (Å²) in [6.07, 6.45) is -0.765. The van der Waals surface area contributed by atoms with Crippen LogP contribution in [0, 0.1) is 18.3 Å². The maximum Gasteiger partial charge on any atom is 0.408 e. The monoisotopic (exact) mass is 500 g/mol. The third-order valence-corrected chi connectivity index (χ3v) is 5.69. The van der Waals surface area contributed by atoms with Gasteiger partial charge >= 0.3 is 6.09 Å². The molecule has 192 valence electrons. The molecule has 0 aliphatic rings. The fourth-order valence-electron chi connectivity index (χ4n) is 3.99. The number of amides is 3. The lowest BCUT2D eigenvalue weighted by Crippen LogP contribution is -2.51. The average molecular weight is 501 g/mol. The van der Waals surface area contributed by atoms with Gasteiger partial charge in [0, 0.05) is 5.69 Å². The maximum absolute atomic E-state index is 13.7. The smallest absolute Gasteiger partial charge is 0.408 e. The van der Waals surface area contributed by atoms with Crippen LogP contribution in [0.4, 0.5) is 10.5 Å². The Labute approximate surface area is 217 Å². The van der Waals surface area contributed by atoms with Gasteiger partial charge < -0.3 is 20.3 Å². The lowest BCUT2D eigenvalue weighted by molar-refractivity contribution is -0.139. The van der Waals surface area contributed by atoms with E-state index in [2.05, 4.69) is 10.6 Å². The van der Waals surface area contributed by atoms with E-state index in [9.17, 15) is 19.6 Å². The molecule has 0 aromatic heterocycles. The van der Waals surface area contributed by atoms with Gasteiger partial charge in [-0.1, -0.05) is 54.6 Å². The highest BCUT2D eigenvalue weighted by molar-refractivity contribution is 6.00. The fourth-order valence-corrected chi connectivity index (χ4v) is 3.99. The second kappa shape index (κ2) is 11.6. The Morgan fingerprint density at radius 1 is 1.00 bits per heavy atom. The molecule has 3 rings (SSSR count). The summed E-state index contributed by atoms with van der Waals surface area (Å²) in [5, 5.41) is 17.0. The Balaban J connectivity index is 1.95. The molecule has 2 atom stereocenters. The van der Waals surface area contributed by atoms with Crippen molar-refractivity contribution < 1.29 is 19.1 Å². The number of nitriles is 1. The molecule has 2 unspecified atom stereocenters. The average Bonchev–Trinajstić information content (AvgIpc) is 2.83. The summed E-state index contributed by atoms with van der Waals surface area (Å²) in [7, 11) is 0. The first-order valence-corrected chi connectivity index (χ1v) is 12.0. The van der Waals surface area contributed by atoms with Gasteiger partial charge in [0.2, 0.25) is 5.91 Å². The first-order valence-electron chi connectivity index (χ1n) is 12.0. The van der Waals surface area contributed by atoms with Crippen LogP contribution < -0.4 is 10.6 Å². The Morgan fingerprint density at radius 3 is 2.30 bits per heavy atom. The molecule has 0 fully saturated rings. The number of carbonyl (C=O) groups excluding carboxylic acids is 3. The molecule has 8 heteroatoms. The molecule has 2 N–H and O–H groups in total. The molecule has 37 heavy (non-hydrogen) atoms. The lowest BCUT2D eigenvalue weighted by atomic mass is 9.98. The zero-order valence-corrected chi connectivity index (χ0v) is 21.7. The summed E-state index contributed by atoms with van der Waals surface area (Å²) in [5.74, 6) is -1.06. The van der Waals surface area contributed by atoms with Crippen LogP contribution in [0.25, 0.3) is 10.8 Å². The van der Waals surface area contributed by atoms with E-state index < -0.39 is 35.6 Å². The number of hydrogen-bond donors (Lipinski definition) is 2. The van der Waals surface area contributed by atoms with E-state index in [1.54, 1.807) is 39.0 Å². The largest absolute Gasteiger partial charge is 0.444 e. The molecule has 0 spiro atoms. The van der Waals surface area contributed by atoms with E-state index in [0.29, 0.717) is 11.3 Å². The van der Waals surface area contributed by atoms with E-state index in [0.717, 1.165) is 16.3 Å². The van der Waals surface area contributed by atoms with Gasteiger partial charge in [-0.15, -0.1) is 0 Å². The minimum Gasteiger partial charge on any atom is -0.444 e. The van der Waals surface area contributed by atoms with Crippen molar-refractivity contribution in [1.29, 1.82) is 5.26 Å². The summed E-state index contributed by atoms with van der Waals surface area (Å²) in [6.45, 7) is 8.12. The van der Waals surface area contributed by atoms with Crippen molar-refractivity contribution in [1.82, 2.24) is 10.2 Å². The molecule has 0 radical (unpaired) electrons. The molecule has 3 aromatic rings. The minimum absolute atomic E-state index is 0.358. The molecular weight excluding hydrogens is 468 g/mol. The molecule has 8 nitrogen and oxygen atoms in total. The second-order valence-corrected chi connectivity index (χ2v) is 9.80. The molecule has 3 amide bonds. The summed E-state index contributed by atoms with van der Waals surface area (Å²) < 4.78 is 5.26. The Bertz CT molecular complexity index is 1340. The standard InChI is InChI=1S/C29H32N4O4/c1-19-10-6-9-13-24(19)25(26(34)32-23-15-14-21-11-7-8-12-22(21)18-23)33(17-16-30)27(35)20(2)31-28(36)37-29(3,4)5/h6-15,18,20,25H,17H2,1-5H3,(H,31,36)(H,32,34). The quantitative estimate of drug-likeness (QED) is 0.439. The SMILES string of the molecule is Cc1ccccc1C(C(=O)Nc1ccc2ccccc2c1)N(CC#N)C(=O)C(C)NC(=O)OC(C)(C)C. The van der Waals surface area contributed by atoms with Crippen molar-refractivity contribution in [2.24, 2.45) is 0 Å². The van der Waals surface area contributed by atoms with E-state index in [-0.39, 0.29) is 6.54 Å². The van der Waals surface area contributed by atoms with Crippen molar-refractivity contribution in [3.8, 4) is 6.07 Å². The van der Waals surface area contributed by atoms with Gasteiger partial charge in [-0.2, -0.15) is 5.26 Å². The zero-order valence-electron chi connectivity index (χ0n) is 21.7. The summed E-state index contributed by atoms with van der Waals surface area (Å²) >= 11 is 0. The van der Waals surface area contributed by atoms with E-state index in [1.807, 2.05) is 61.5 Å². The van der Waals surface area contributed by atoms with E-state index in [4.69, 9.17) is 4.74 Å². The van der Waals surface area contributed by atoms with Crippen LogP contribution in [0.15, 0.2) is 66.7 Å². The predicted molar refractivity (Wildman–Crippen MR) is 143 cm³/mol. The normalized spacial score (nSPS) is 12.6. The van der Waals surface area contributed by atoms with E-state index in [1.165, 1.54) is 11.8 Å². The Morgan fingerprint density at radius 2 is 1.65 bits per heavy atom. The third-order valence-electron chi connectivity index (χ3n) is 5.69. The van der Waals surface area contributed by atoms with Crippen molar-refractivity contribution in [3.63, 3.8) is 0 Å². The molecule has 0 bridgehead atoms. The summed E-state index contributed by atoms with van der Waals surface area (Å²) in [6, 6.07) is 20.4. The molecule has 0 heterocycles. The second-order valence-electron chi connectivity index (χ2n) is 9.80. The van der Waals surface area contributed by atoms with Crippen molar-refractivity contribution in [3.05, 3.63) is 77.9 Å². The highest BCUT2D eigenvalue weighted by Crippen LogP contribution is 2.27. The number of carbonyl (C=O) groups is 3. The number of alkyl carbamates (subject to hydrolysis) is 1. The van der Waals surface area contributed by atoms with Crippen LogP contribution in [0.2, 0.25) is 0 Å². The van der Waals surface area contributed by atoms with Crippen LogP contribution in [-0.2, 0) is 14.3 Å². The maximum atomic E-state index is 13.7. The Hall–Kier alpha value is -4.38. The molecule has 0 aliphatic heterocycles. The topological polar surface area (TPSA) is 112 Å². The number of ether oxygens (including phenoxy) is 1. The van der Waals surface area contributed by atoms with Crippen LogP contribution in [0.1, 0.15) is 44.9 Å². The van der Waals surface area contributed by atoms with Gasteiger partial charge in [0.1, 0.15) is 24.2 Å². The van der Waals surface area contributed by atoms with Gasteiger partial charge in [-0.25, -0.2) is 4.79 Å². The number of nitrogens with zero attached hydrogens (tertiary/aromatic N) is 2. The number of aryl methyl sites for hydroxylation is 1. The van der Waals surface area contributed by atoms with Gasteiger partial charge in [0.15, 0.2) is 0 Å². The van der Waals surface area contributed by atoms with Gasteiger partial charge in [0.05, 0.1) is 6.07 Å². The number of benzene rings is 3. The molecule has 0 saturated heterocycles. The molecule has 0 saturated carbocycles. The van der Waals surface area contributed by atoms with Crippen LogP contribution >= 0.6 is 0 Å². The van der Waals surface area contributed by atoms with Crippen LogP contribution in [0.5, 0.6) is 0 Å². The number of anilines is 1. The zero-order chi connectivity index (χ0) is 27.2. The highest BCUT2D eigenvalue weighted by atomic mass is 16.6. The summed E-state index contributed by atoms with van der Waals surface area (Å²) in [5.41, 5.74) is 1.17. The number of hydrogen-bond acceptors (Lipinski definition) is 5. The minimum atomic E-state index is -1.11. The fraction of sp³-hybridized carbons (Fsp3) is 0.310. The highest BCUT2D eigenvalue weighted by Gasteiger charge is 2.35. The van der Waals surface area contributed by atoms with Crippen molar-refractivity contribution >= 4 is 34.4 Å². The van der Waals surface area contributed by atoms with Crippen molar-refractivity contribution in [2.75, 3.05) is 11.9 Å². The van der Waals surface area contributed by atoms with Crippen LogP contribution in [-0.4, -0.2) is 41.0 Å². The van der Waals surface area contributed by atoms with Crippen LogP contribution in [0.3, 0.4) is 0 Å². The van der Waals surface area contributed by atoms with Gasteiger partial charge in [-0.3, -0.25) is 9.59 Å². The lowest BCUT2D eigenvalue weighted by Gasteiger charge is -2.32. The predicted octanol–water partition coefficient (Wildman–Crippen LogP) is 5.09. The molecule has 0 aliphatic carbocycles. The van der Waals surface area contributed by atoms with Gasteiger partial charge in [-0.05, 0) is 68.7 Å². The first kappa shape index (κ1) is 27.2. The number of nitrogens with one attached hydrogen (secondary N) is 2. The number of fused-ring (bicyclic) bond motifs is 1.